The van der Waals surface area contributed by atoms with Gasteiger partial charge in [0.15, 0.2) is 0 Å². The molecule has 0 aliphatic heterocycles. The third kappa shape index (κ3) is 6.42. The van der Waals surface area contributed by atoms with Crippen molar-refractivity contribution in [1.29, 1.82) is 5.26 Å². The Hall–Kier alpha value is -2.32. The topological polar surface area (TPSA) is 65.4 Å². The lowest BCUT2D eigenvalue weighted by Crippen LogP contribution is -2.28. The van der Waals surface area contributed by atoms with Crippen molar-refractivity contribution < 1.29 is 9.53 Å². The van der Waals surface area contributed by atoms with Crippen LogP contribution in [0.1, 0.15) is 18.9 Å². The molecular formula is C17H23N3O2. The van der Waals surface area contributed by atoms with Crippen molar-refractivity contribution in [2.24, 2.45) is 0 Å². The van der Waals surface area contributed by atoms with Crippen molar-refractivity contribution in [2.75, 3.05) is 26.8 Å². The third-order valence-electron chi connectivity index (χ3n) is 3.12. The largest absolute Gasteiger partial charge is 0.385 e. The maximum Gasteiger partial charge on any atom is 0.263 e. The molecule has 22 heavy (non-hydrogen) atoms. The van der Waals surface area contributed by atoms with Crippen molar-refractivity contribution in [1.82, 2.24) is 10.2 Å². The van der Waals surface area contributed by atoms with Crippen LogP contribution in [0, 0.1) is 11.3 Å². The van der Waals surface area contributed by atoms with Gasteiger partial charge in [-0.05, 0) is 18.9 Å². The Morgan fingerprint density at radius 2 is 2.14 bits per heavy atom. The van der Waals surface area contributed by atoms with Gasteiger partial charge in [0.1, 0.15) is 11.6 Å². The Balaban J connectivity index is 2.63. The molecule has 0 bridgehead atoms. The summed E-state index contributed by atoms with van der Waals surface area (Å²) < 4.78 is 4.92. The molecule has 0 spiro atoms. The van der Waals surface area contributed by atoms with Crippen molar-refractivity contribution in [3.05, 3.63) is 47.7 Å². The zero-order valence-electron chi connectivity index (χ0n) is 13.2. The minimum Gasteiger partial charge on any atom is -0.385 e. The van der Waals surface area contributed by atoms with Gasteiger partial charge in [-0.2, -0.15) is 5.26 Å². The van der Waals surface area contributed by atoms with Gasteiger partial charge in [-0.25, -0.2) is 0 Å². The van der Waals surface area contributed by atoms with Crippen LogP contribution in [0.25, 0.3) is 0 Å². The lowest BCUT2D eigenvalue weighted by molar-refractivity contribution is -0.117. The summed E-state index contributed by atoms with van der Waals surface area (Å²) >= 11 is 0. The minimum absolute atomic E-state index is 0.121. The van der Waals surface area contributed by atoms with E-state index < -0.39 is 0 Å². The van der Waals surface area contributed by atoms with Gasteiger partial charge < -0.3 is 15.0 Å². The molecule has 118 valence electrons. The SMILES string of the molecule is CCN(/C=C(/C#N)C(=O)NCCCOC)Cc1ccccc1. The first kappa shape index (κ1) is 17.7. The number of methoxy groups -OCH3 is 1. The average Bonchev–Trinajstić information content (AvgIpc) is 2.56. The summed E-state index contributed by atoms with van der Waals surface area (Å²) in [6, 6.07) is 11.9. The van der Waals surface area contributed by atoms with Gasteiger partial charge in [0.25, 0.3) is 5.91 Å². The fraction of sp³-hybridized carbons (Fsp3) is 0.412. The van der Waals surface area contributed by atoms with E-state index in [0.29, 0.717) is 19.7 Å². The van der Waals surface area contributed by atoms with Crippen LogP contribution in [0.2, 0.25) is 0 Å². The molecule has 0 fully saturated rings. The van der Waals surface area contributed by atoms with E-state index >= 15 is 0 Å². The number of amides is 1. The van der Waals surface area contributed by atoms with Gasteiger partial charge >= 0.3 is 0 Å². The molecule has 1 N–H and O–H groups in total. The van der Waals surface area contributed by atoms with Gasteiger partial charge in [-0.3, -0.25) is 4.79 Å². The van der Waals surface area contributed by atoms with E-state index in [-0.39, 0.29) is 11.5 Å². The van der Waals surface area contributed by atoms with Gasteiger partial charge in [0.2, 0.25) is 0 Å². The number of ether oxygens (including phenoxy) is 1. The monoisotopic (exact) mass is 301 g/mol. The molecule has 0 heterocycles. The Morgan fingerprint density at radius 3 is 2.73 bits per heavy atom. The highest BCUT2D eigenvalue weighted by atomic mass is 16.5. The number of rotatable bonds is 9. The number of benzene rings is 1. The summed E-state index contributed by atoms with van der Waals surface area (Å²) in [7, 11) is 1.62. The molecule has 5 heteroatoms. The summed E-state index contributed by atoms with van der Waals surface area (Å²) in [5, 5.41) is 11.9. The maximum atomic E-state index is 12.0. The van der Waals surface area contributed by atoms with Crippen molar-refractivity contribution >= 4 is 5.91 Å². The second kappa shape index (κ2) is 10.4. The highest BCUT2D eigenvalue weighted by Gasteiger charge is 2.10. The van der Waals surface area contributed by atoms with Gasteiger partial charge in [-0.15, -0.1) is 0 Å². The number of nitrogens with one attached hydrogen (secondary N) is 1. The fourth-order valence-electron chi connectivity index (χ4n) is 1.90. The second-order valence-electron chi connectivity index (χ2n) is 4.81. The van der Waals surface area contributed by atoms with E-state index in [1.54, 1.807) is 13.3 Å². The molecule has 0 aliphatic carbocycles. The number of carbonyl (C=O) groups excluding carboxylic acids is 1. The van der Waals surface area contributed by atoms with Gasteiger partial charge in [0.05, 0.1) is 0 Å². The van der Waals surface area contributed by atoms with E-state index in [2.05, 4.69) is 5.32 Å². The van der Waals surface area contributed by atoms with Crippen LogP contribution < -0.4 is 5.32 Å². The first-order valence-electron chi connectivity index (χ1n) is 7.38. The molecule has 0 aromatic heterocycles. The standard InChI is InChI=1S/C17H23N3O2/c1-3-20(13-15-8-5-4-6-9-15)14-16(12-18)17(21)19-10-7-11-22-2/h4-6,8-9,14H,3,7,10-11,13H2,1-2H3,(H,19,21)/b16-14-. The second-order valence-corrected chi connectivity index (χ2v) is 4.81. The van der Waals surface area contributed by atoms with Gasteiger partial charge in [0, 0.05) is 39.6 Å². The predicted molar refractivity (Wildman–Crippen MR) is 85.7 cm³/mol. The molecule has 1 amide bonds. The van der Waals surface area contributed by atoms with E-state index in [1.165, 1.54) is 0 Å². The highest BCUT2D eigenvalue weighted by molar-refractivity contribution is 5.97. The zero-order valence-corrected chi connectivity index (χ0v) is 13.2. The van der Waals surface area contributed by atoms with E-state index in [0.717, 1.165) is 18.5 Å². The Bertz CT molecular complexity index is 520. The molecule has 0 aliphatic rings. The fourth-order valence-corrected chi connectivity index (χ4v) is 1.90. The van der Waals surface area contributed by atoms with Crippen LogP contribution >= 0.6 is 0 Å². The minimum atomic E-state index is -0.342. The summed E-state index contributed by atoms with van der Waals surface area (Å²) in [4.78, 5) is 13.9. The van der Waals surface area contributed by atoms with E-state index in [4.69, 9.17) is 4.74 Å². The summed E-state index contributed by atoms with van der Waals surface area (Å²) in [6.07, 6.45) is 2.35. The molecule has 5 nitrogen and oxygen atoms in total. The predicted octanol–water partition coefficient (Wildman–Crippen LogP) is 2.07. The lowest BCUT2D eigenvalue weighted by Gasteiger charge is -2.19. The summed E-state index contributed by atoms with van der Waals surface area (Å²) in [5.74, 6) is -0.342. The summed E-state index contributed by atoms with van der Waals surface area (Å²) in [5.41, 5.74) is 1.26. The van der Waals surface area contributed by atoms with Crippen molar-refractivity contribution in [3.63, 3.8) is 0 Å². The van der Waals surface area contributed by atoms with Gasteiger partial charge in [-0.1, -0.05) is 30.3 Å². The zero-order chi connectivity index (χ0) is 16.2. The smallest absolute Gasteiger partial charge is 0.263 e. The van der Waals surface area contributed by atoms with E-state index in [1.807, 2.05) is 48.2 Å². The van der Waals surface area contributed by atoms with Crippen molar-refractivity contribution in [2.45, 2.75) is 19.9 Å². The Labute approximate surface area is 132 Å². The molecule has 0 radical (unpaired) electrons. The molecule has 0 unspecified atom stereocenters. The van der Waals surface area contributed by atoms with Crippen LogP contribution in [0.3, 0.4) is 0 Å². The first-order chi connectivity index (χ1) is 10.7. The number of hydrogen-bond donors (Lipinski definition) is 1. The van der Waals surface area contributed by atoms with Crippen LogP contribution in [0.15, 0.2) is 42.1 Å². The van der Waals surface area contributed by atoms with Crippen molar-refractivity contribution in [3.8, 4) is 6.07 Å². The molecule has 0 atom stereocenters. The molecular weight excluding hydrogens is 278 g/mol. The third-order valence-corrected chi connectivity index (χ3v) is 3.12. The van der Waals surface area contributed by atoms with Crippen LogP contribution in [-0.2, 0) is 16.1 Å². The highest BCUT2D eigenvalue weighted by Crippen LogP contribution is 2.06. The molecule has 1 aromatic carbocycles. The Kier molecular flexibility index (Phi) is 8.39. The lowest BCUT2D eigenvalue weighted by atomic mass is 10.2. The number of hydrogen-bond acceptors (Lipinski definition) is 4. The molecule has 1 rings (SSSR count). The number of carbonyl (C=O) groups is 1. The molecule has 1 aromatic rings. The van der Waals surface area contributed by atoms with Crippen LogP contribution in [-0.4, -0.2) is 37.6 Å². The molecule has 0 saturated carbocycles. The number of nitrogens with zero attached hydrogens (tertiary/aromatic N) is 2. The summed E-state index contributed by atoms with van der Waals surface area (Å²) in [6.45, 7) is 4.46. The van der Waals surface area contributed by atoms with Crippen LogP contribution in [0.5, 0.6) is 0 Å². The average molecular weight is 301 g/mol. The van der Waals surface area contributed by atoms with E-state index in [9.17, 15) is 10.1 Å². The normalized spacial score (nSPS) is 10.9. The first-order valence-corrected chi connectivity index (χ1v) is 7.38. The Morgan fingerprint density at radius 1 is 1.41 bits per heavy atom. The quantitative estimate of drug-likeness (QED) is 0.431. The van der Waals surface area contributed by atoms with Crippen LogP contribution in [0.4, 0.5) is 0 Å². The molecule has 0 saturated heterocycles. The number of nitriles is 1. The maximum absolute atomic E-state index is 12.0.